The lowest BCUT2D eigenvalue weighted by Crippen LogP contribution is -2.27. The van der Waals surface area contributed by atoms with Crippen LogP contribution in [0.25, 0.3) is 0 Å². The summed E-state index contributed by atoms with van der Waals surface area (Å²) in [6.07, 6.45) is 3.38. The number of nitrogens with one attached hydrogen (secondary N) is 3. The maximum atomic E-state index is 12.6. The maximum Gasteiger partial charge on any atom is 0.412 e. The van der Waals surface area contributed by atoms with Crippen LogP contribution in [0.2, 0.25) is 0 Å². The van der Waals surface area contributed by atoms with Crippen molar-refractivity contribution < 1.29 is 14.3 Å². The van der Waals surface area contributed by atoms with Crippen molar-refractivity contribution in [3.8, 4) is 0 Å². The van der Waals surface area contributed by atoms with Crippen molar-refractivity contribution >= 4 is 23.4 Å². The van der Waals surface area contributed by atoms with Crippen molar-refractivity contribution in [2.24, 2.45) is 0 Å². The predicted octanol–water partition coefficient (Wildman–Crippen LogP) is 4.11. The first-order valence-electron chi connectivity index (χ1n) is 10.8. The number of carbonyl (C=O) groups excluding carboxylic acids is 2. The average molecular weight is 442 g/mol. The van der Waals surface area contributed by atoms with Gasteiger partial charge in [0.15, 0.2) is 0 Å². The van der Waals surface area contributed by atoms with E-state index in [0.717, 1.165) is 31.5 Å². The Labute approximate surface area is 190 Å². The van der Waals surface area contributed by atoms with E-state index in [4.69, 9.17) is 4.74 Å². The zero-order valence-corrected chi connectivity index (χ0v) is 19.7. The van der Waals surface area contributed by atoms with Gasteiger partial charge in [-0.2, -0.15) is 0 Å². The molecular weight excluding hydrogens is 406 g/mol. The number of unbranched alkanes of at least 4 members (excludes halogenated alkanes) is 1. The van der Waals surface area contributed by atoms with Crippen LogP contribution >= 0.6 is 0 Å². The number of benzene rings is 1. The molecule has 174 valence electrons. The van der Waals surface area contributed by atoms with Crippen LogP contribution in [0.1, 0.15) is 49.7 Å². The molecule has 0 saturated heterocycles. The van der Waals surface area contributed by atoms with Crippen molar-refractivity contribution in [2.45, 2.75) is 45.8 Å². The van der Waals surface area contributed by atoms with Crippen LogP contribution in [0, 0.1) is 0 Å². The van der Waals surface area contributed by atoms with Crippen LogP contribution in [0.4, 0.5) is 16.2 Å². The summed E-state index contributed by atoms with van der Waals surface area (Å²) in [6.45, 7) is 8.10. The number of carbonyl (C=O) groups is 2. The van der Waals surface area contributed by atoms with E-state index in [1.807, 2.05) is 6.07 Å². The molecule has 2 aromatic rings. The summed E-state index contributed by atoms with van der Waals surface area (Å²) in [7, 11) is 4.15. The molecular formula is C24H35N5O3. The van der Waals surface area contributed by atoms with Gasteiger partial charge in [-0.3, -0.25) is 15.1 Å². The van der Waals surface area contributed by atoms with Gasteiger partial charge in [-0.25, -0.2) is 4.79 Å². The highest BCUT2D eigenvalue weighted by molar-refractivity contribution is 6.05. The second-order valence-corrected chi connectivity index (χ2v) is 8.87. The summed E-state index contributed by atoms with van der Waals surface area (Å²) >= 11 is 0. The standard InChI is InChI=1S/C24H35N5O3/c1-24(2,3)32-23(31)28-20-11-7-6-10-19(20)27-22(30)21-13-12-18(17-26-21)16-25-14-8-9-15-29(4)5/h6-7,10-13,17,25H,8-9,14-16H2,1-5H3,(H,27,30)(H,28,31). The van der Waals surface area contributed by atoms with E-state index in [1.54, 1.807) is 57.3 Å². The molecule has 0 fully saturated rings. The zero-order valence-electron chi connectivity index (χ0n) is 19.7. The van der Waals surface area contributed by atoms with Crippen LogP contribution in [0.3, 0.4) is 0 Å². The molecule has 0 bridgehead atoms. The molecule has 1 aromatic heterocycles. The van der Waals surface area contributed by atoms with E-state index in [0.29, 0.717) is 23.6 Å². The maximum absolute atomic E-state index is 12.6. The fourth-order valence-electron chi connectivity index (χ4n) is 2.88. The molecule has 0 unspecified atom stereocenters. The monoisotopic (exact) mass is 441 g/mol. The first kappa shape index (κ1) is 25.3. The third-order valence-electron chi connectivity index (χ3n) is 4.41. The van der Waals surface area contributed by atoms with Gasteiger partial charge in [-0.15, -0.1) is 0 Å². The van der Waals surface area contributed by atoms with E-state index in [9.17, 15) is 9.59 Å². The van der Waals surface area contributed by atoms with Gasteiger partial charge < -0.3 is 20.3 Å². The molecule has 1 heterocycles. The first-order valence-corrected chi connectivity index (χ1v) is 10.8. The summed E-state index contributed by atoms with van der Waals surface area (Å²) in [5, 5.41) is 8.86. The number of anilines is 2. The fourth-order valence-corrected chi connectivity index (χ4v) is 2.88. The Morgan fingerprint density at radius 1 is 1.00 bits per heavy atom. The summed E-state index contributed by atoms with van der Waals surface area (Å²) < 4.78 is 5.28. The lowest BCUT2D eigenvalue weighted by atomic mass is 10.2. The van der Waals surface area contributed by atoms with Gasteiger partial charge in [0.25, 0.3) is 5.91 Å². The summed E-state index contributed by atoms with van der Waals surface area (Å²) in [4.78, 5) is 31.2. The minimum atomic E-state index is -0.616. The number of hydrogen-bond acceptors (Lipinski definition) is 6. The highest BCUT2D eigenvalue weighted by atomic mass is 16.6. The van der Waals surface area contributed by atoms with Gasteiger partial charge >= 0.3 is 6.09 Å². The normalized spacial score (nSPS) is 11.3. The molecule has 0 aliphatic rings. The SMILES string of the molecule is CN(C)CCCCNCc1ccc(C(=O)Nc2ccccc2NC(=O)OC(C)(C)C)nc1. The Bertz CT molecular complexity index is 876. The lowest BCUT2D eigenvalue weighted by molar-refractivity contribution is 0.0635. The number of ether oxygens (including phenoxy) is 1. The molecule has 2 amide bonds. The number of para-hydroxylation sites is 2. The van der Waals surface area contributed by atoms with E-state index in [1.165, 1.54) is 0 Å². The highest BCUT2D eigenvalue weighted by Crippen LogP contribution is 2.22. The molecule has 0 saturated carbocycles. The number of pyridine rings is 1. The number of nitrogens with zero attached hydrogens (tertiary/aromatic N) is 2. The molecule has 32 heavy (non-hydrogen) atoms. The number of rotatable bonds is 10. The number of aromatic nitrogens is 1. The van der Waals surface area contributed by atoms with Crippen LogP contribution in [0.5, 0.6) is 0 Å². The van der Waals surface area contributed by atoms with Gasteiger partial charge in [0.1, 0.15) is 11.3 Å². The molecule has 0 radical (unpaired) electrons. The van der Waals surface area contributed by atoms with E-state index in [-0.39, 0.29) is 5.91 Å². The van der Waals surface area contributed by atoms with E-state index in [2.05, 4.69) is 39.9 Å². The smallest absolute Gasteiger partial charge is 0.412 e. The molecule has 0 aliphatic carbocycles. The quantitative estimate of drug-likeness (QED) is 0.480. The number of hydrogen-bond donors (Lipinski definition) is 3. The Morgan fingerprint density at radius 2 is 1.69 bits per heavy atom. The summed E-state index contributed by atoms with van der Waals surface area (Å²) in [5.74, 6) is -0.355. The van der Waals surface area contributed by atoms with Crippen LogP contribution in [-0.2, 0) is 11.3 Å². The average Bonchev–Trinajstić information content (AvgIpc) is 2.71. The molecule has 1 aromatic carbocycles. The molecule has 8 heteroatoms. The molecule has 2 rings (SSSR count). The molecule has 3 N–H and O–H groups in total. The third-order valence-corrected chi connectivity index (χ3v) is 4.41. The van der Waals surface area contributed by atoms with Gasteiger partial charge in [-0.1, -0.05) is 18.2 Å². The van der Waals surface area contributed by atoms with Gasteiger partial charge in [-0.05, 0) is 84.6 Å². The summed E-state index contributed by atoms with van der Waals surface area (Å²) in [6, 6.07) is 10.5. The Hall–Kier alpha value is -2.97. The van der Waals surface area contributed by atoms with Crippen LogP contribution in [0.15, 0.2) is 42.6 Å². The Kier molecular flexibility index (Phi) is 9.61. The second-order valence-electron chi connectivity index (χ2n) is 8.87. The topological polar surface area (TPSA) is 95.6 Å². The first-order chi connectivity index (χ1) is 15.1. The van der Waals surface area contributed by atoms with Crippen molar-refractivity contribution in [1.29, 1.82) is 0 Å². The van der Waals surface area contributed by atoms with E-state index >= 15 is 0 Å². The van der Waals surface area contributed by atoms with Gasteiger partial charge in [0, 0.05) is 12.7 Å². The Balaban J connectivity index is 1.88. The molecule has 0 spiro atoms. The lowest BCUT2D eigenvalue weighted by Gasteiger charge is -2.20. The summed E-state index contributed by atoms with van der Waals surface area (Å²) in [5.41, 5.74) is 1.61. The minimum Gasteiger partial charge on any atom is -0.444 e. The predicted molar refractivity (Wildman–Crippen MR) is 128 cm³/mol. The van der Waals surface area contributed by atoms with Crippen LogP contribution < -0.4 is 16.0 Å². The van der Waals surface area contributed by atoms with Crippen molar-refractivity contribution in [3.63, 3.8) is 0 Å². The van der Waals surface area contributed by atoms with Gasteiger partial charge in [0.2, 0.25) is 0 Å². The highest BCUT2D eigenvalue weighted by Gasteiger charge is 2.18. The molecule has 0 aliphatic heterocycles. The largest absolute Gasteiger partial charge is 0.444 e. The zero-order chi connectivity index (χ0) is 23.6. The van der Waals surface area contributed by atoms with Crippen LogP contribution in [-0.4, -0.2) is 54.7 Å². The Morgan fingerprint density at radius 3 is 2.28 bits per heavy atom. The second kappa shape index (κ2) is 12.2. The van der Waals surface area contributed by atoms with Crippen molar-refractivity contribution in [1.82, 2.24) is 15.2 Å². The minimum absolute atomic E-state index is 0.298. The fraction of sp³-hybridized carbons (Fsp3) is 0.458. The molecule has 0 atom stereocenters. The van der Waals surface area contributed by atoms with E-state index < -0.39 is 11.7 Å². The van der Waals surface area contributed by atoms with Crippen molar-refractivity contribution in [2.75, 3.05) is 37.8 Å². The molecule has 8 nitrogen and oxygen atoms in total. The number of amides is 2. The van der Waals surface area contributed by atoms with Gasteiger partial charge in [0.05, 0.1) is 11.4 Å². The van der Waals surface area contributed by atoms with Crippen molar-refractivity contribution in [3.05, 3.63) is 53.9 Å². The third kappa shape index (κ3) is 9.45.